The molecule has 1 unspecified atom stereocenters. The number of hydrogen-bond acceptors (Lipinski definition) is 7. The van der Waals surface area contributed by atoms with E-state index in [4.69, 9.17) is 20.8 Å². The number of methoxy groups -OCH3 is 1. The zero-order valence-corrected chi connectivity index (χ0v) is 19.5. The minimum atomic E-state index is -0.610. The van der Waals surface area contributed by atoms with Gasteiger partial charge in [0.2, 0.25) is 11.8 Å². The van der Waals surface area contributed by atoms with Crippen LogP contribution in [0, 0.1) is 5.92 Å². The van der Waals surface area contributed by atoms with E-state index in [2.05, 4.69) is 32.5 Å². The van der Waals surface area contributed by atoms with Gasteiger partial charge in [-0.1, -0.05) is 18.5 Å². The number of aromatic nitrogens is 5. The molecule has 174 valence electrons. The highest BCUT2D eigenvalue weighted by molar-refractivity contribution is 6.33. The highest BCUT2D eigenvalue weighted by atomic mass is 35.5. The molecule has 2 aliphatic rings. The average Bonchev–Trinajstić information content (AvgIpc) is 3.33. The minimum absolute atomic E-state index is 0.122. The number of halogens is 1. The lowest BCUT2D eigenvalue weighted by Crippen LogP contribution is -2.66. The summed E-state index contributed by atoms with van der Waals surface area (Å²) >= 11 is 6.37. The number of hydrogen-bond donors (Lipinski definition) is 1. The fraction of sp³-hybridized carbons (Fsp3) is 0.500. The molecule has 2 amide bonds. The summed E-state index contributed by atoms with van der Waals surface area (Å²) < 4.78 is 12.7. The van der Waals surface area contributed by atoms with Crippen molar-refractivity contribution >= 4 is 23.3 Å². The number of likely N-dealkylation sites (tertiary alicyclic amines) is 1. The molecule has 3 atom stereocenters. The number of urea groups is 1. The molecule has 3 aromatic rings. The molecular weight excluding hydrogens is 446 g/mol. The number of carbonyl (C=O) groups excluding carboxylic acids is 1. The first-order valence-electron chi connectivity index (χ1n) is 11.0. The molecule has 10 nitrogen and oxygen atoms in total. The Bertz CT molecular complexity index is 1180. The van der Waals surface area contributed by atoms with Gasteiger partial charge in [0.25, 0.3) is 0 Å². The van der Waals surface area contributed by atoms with Crippen molar-refractivity contribution in [2.24, 2.45) is 13.0 Å². The quantitative estimate of drug-likeness (QED) is 0.598. The molecule has 1 aliphatic carbocycles. The smallest absolute Gasteiger partial charge is 0.322 e. The Balaban J connectivity index is 1.43. The van der Waals surface area contributed by atoms with Gasteiger partial charge in [-0.2, -0.15) is 5.10 Å². The van der Waals surface area contributed by atoms with Crippen LogP contribution in [-0.4, -0.2) is 49.0 Å². The number of nitrogens with zero attached hydrogens (tertiary/aromatic N) is 6. The fourth-order valence-corrected chi connectivity index (χ4v) is 5.27. The molecule has 11 heteroatoms. The summed E-state index contributed by atoms with van der Waals surface area (Å²) in [6.07, 6.45) is 5.18. The molecule has 33 heavy (non-hydrogen) atoms. The van der Waals surface area contributed by atoms with E-state index >= 15 is 0 Å². The first-order chi connectivity index (χ1) is 15.9. The summed E-state index contributed by atoms with van der Waals surface area (Å²) in [5.41, 5.74) is 0.659. The molecule has 2 fully saturated rings. The molecule has 1 aromatic carbocycles. The van der Waals surface area contributed by atoms with Gasteiger partial charge in [0.1, 0.15) is 18.5 Å². The van der Waals surface area contributed by atoms with Gasteiger partial charge in [-0.15, -0.1) is 10.2 Å². The van der Waals surface area contributed by atoms with Crippen molar-refractivity contribution in [2.75, 3.05) is 12.4 Å². The molecule has 1 N–H and O–H groups in total. The van der Waals surface area contributed by atoms with Gasteiger partial charge in [0.15, 0.2) is 5.82 Å². The molecule has 5 rings (SSSR count). The number of aryl methyl sites for hydroxylation is 1. The number of anilines is 1. The number of benzene rings is 1. The van der Waals surface area contributed by atoms with Crippen LogP contribution in [0.1, 0.15) is 44.4 Å². The van der Waals surface area contributed by atoms with E-state index in [1.165, 1.54) is 0 Å². The average molecular weight is 472 g/mol. The van der Waals surface area contributed by atoms with E-state index in [0.717, 1.165) is 25.7 Å². The number of nitrogens with one attached hydrogen (secondary N) is 1. The van der Waals surface area contributed by atoms with Crippen molar-refractivity contribution in [3.8, 4) is 11.4 Å². The summed E-state index contributed by atoms with van der Waals surface area (Å²) in [6.45, 7) is 2.44. The molecule has 1 saturated carbocycles. The first-order valence-corrected chi connectivity index (χ1v) is 11.3. The number of rotatable bonds is 5. The summed E-state index contributed by atoms with van der Waals surface area (Å²) in [5, 5.41) is 16.3. The minimum Gasteiger partial charge on any atom is -0.420 e. The van der Waals surface area contributed by atoms with Gasteiger partial charge in [0.05, 0.1) is 5.02 Å². The van der Waals surface area contributed by atoms with Crippen LogP contribution in [0.2, 0.25) is 5.02 Å². The van der Waals surface area contributed by atoms with Gasteiger partial charge in [-0.25, -0.2) is 9.78 Å². The SMILES string of the molecule is COCc1nnc(C23C[C@@H](C)CC[C@H](C2)N3C(=O)Nc2ccc(Cl)c(-c3ncn(C)n3)c2)o1. The summed E-state index contributed by atoms with van der Waals surface area (Å²) in [7, 11) is 3.37. The van der Waals surface area contributed by atoms with E-state index in [9.17, 15) is 4.79 Å². The van der Waals surface area contributed by atoms with Crippen molar-refractivity contribution in [1.82, 2.24) is 29.9 Å². The Morgan fingerprint density at radius 2 is 2.18 bits per heavy atom. The highest BCUT2D eigenvalue weighted by Crippen LogP contribution is 2.53. The predicted molar refractivity (Wildman–Crippen MR) is 120 cm³/mol. The Hall–Kier alpha value is -2.98. The molecule has 2 aromatic heterocycles. The maximum atomic E-state index is 13.5. The van der Waals surface area contributed by atoms with Crippen molar-refractivity contribution in [3.63, 3.8) is 0 Å². The Morgan fingerprint density at radius 1 is 1.33 bits per heavy atom. The second kappa shape index (κ2) is 8.42. The largest absolute Gasteiger partial charge is 0.420 e. The number of fused-ring (bicyclic) bond motifs is 2. The van der Waals surface area contributed by atoms with Crippen molar-refractivity contribution in [3.05, 3.63) is 41.3 Å². The number of ether oxygens (including phenoxy) is 1. The van der Waals surface area contributed by atoms with Crippen LogP contribution >= 0.6 is 11.6 Å². The van der Waals surface area contributed by atoms with Crippen molar-refractivity contribution < 1.29 is 13.9 Å². The van der Waals surface area contributed by atoms with Crippen LogP contribution < -0.4 is 5.32 Å². The first kappa shape index (κ1) is 21.8. The van der Waals surface area contributed by atoms with E-state index in [0.29, 0.717) is 39.8 Å². The zero-order valence-electron chi connectivity index (χ0n) is 18.8. The van der Waals surface area contributed by atoms with E-state index in [1.54, 1.807) is 43.4 Å². The van der Waals surface area contributed by atoms with Crippen LogP contribution in [0.3, 0.4) is 0 Å². The lowest BCUT2D eigenvalue weighted by molar-refractivity contribution is -0.0525. The molecule has 0 spiro atoms. The fourth-order valence-electron chi connectivity index (χ4n) is 5.07. The highest BCUT2D eigenvalue weighted by Gasteiger charge is 2.60. The zero-order chi connectivity index (χ0) is 23.2. The van der Waals surface area contributed by atoms with Gasteiger partial charge in [-0.3, -0.25) is 4.68 Å². The molecule has 0 radical (unpaired) electrons. The lowest BCUT2D eigenvalue weighted by atomic mass is 9.75. The topological polar surface area (TPSA) is 111 Å². The Morgan fingerprint density at radius 3 is 2.94 bits per heavy atom. The van der Waals surface area contributed by atoms with Gasteiger partial charge < -0.3 is 19.4 Å². The Kier molecular flexibility index (Phi) is 5.57. The standard InChI is InChI=1S/C22H26ClN7O3/c1-13-4-6-15-10-22(9-13,20-27-26-18(33-20)11-32-3)30(15)21(31)25-14-5-7-17(23)16(8-14)19-24-12-29(2)28-19/h5,7-8,12-13,15H,4,6,9-11H2,1-3H3,(H,25,31)/t13-,15+,22?/m0/s1. The molecule has 1 saturated heterocycles. The molecule has 2 bridgehead atoms. The third-order valence-electron chi connectivity index (χ3n) is 6.49. The molecule has 1 aliphatic heterocycles. The summed E-state index contributed by atoms with van der Waals surface area (Å²) in [5.74, 6) is 1.82. The van der Waals surface area contributed by atoms with E-state index < -0.39 is 5.54 Å². The molecule has 3 heterocycles. The van der Waals surface area contributed by atoms with Gasteiger partial charge in [0, 0.05) is 37.9 Å². The van der Waals surface area contributed by atoms with Crippen LogP contribution in [0.5, 0.6) is 0 Å². The van der Waals surface area contributed by atoms with Crippen LogP contribution in [0.4, 0.5) is 10.5 Å². The predicted octanol–water partition coefficient (Wildman–Crippen LogP) is 3.99. The number of carbonyl (C=O) groups is 1. The van der Waals surface area contributed by atoms with Crippen LogP contribution in [0.15, 0.2) is 28.9 Å². The van der Waals surface area contributed by atoms with Crippen LogP contribution in [0.25, 0.3) is 11.4 Å². The number of amides is 2. The van der Waals surface area contributed by atoms with E-state index in [-0.39, 0.29) is 18.7 Å². The van der Waals surface area contributed by atoms with Crippen molar-refractivity contribution in [2.45, 2.75) is 50.8 Å². The summed E-state index contributed by atoms with van der Waals surface area (Å²) in [6, 6.07) is 5.22. The van der Waals surface area contributed by atoms with Crippen molar-refractivity contribution in [1.29, 1.82) is 0 Å². The maximum absolute atomic E-state index is 13.5. The van der Waals surface area contributed by atoms with Gasteiger partial charge >= 0.3 is 6.03 Å². The monoisotopic (exact) mass is 471 g/mol. The third kappa shape index (κ3) is 3.87. The molecular formula is C22H26ClN7O3. The maximum Gasteiger partial charge on any atom is 0.322 e. The van der Waals surface area contributed by atoms with Gasteiger partial charge in [-0.05, 0) is 43.4 Å². The summed E-state index contributed by atoms with van der Waals surface area (Å²) in [4.78, 5) is 19.7. The third-order valence-corrected chi connectivity index (χ3v) is 6.82. The lowest BCUT2D eigenvalue weighted by Gasteiger charge is -2.55. The van der Waals surface area contributed by atoms with E-state index in [1.807, 2.05) is 4.90 Å². The Labute approximate surface area is 196 Å². The van der Waals surface area contributed by atoms with Crippen LogP contribution in [-0.2, 0) is 23.9 Å². The normalized spacial score (nSPS) is 24.3. The second-order valence-corrected chi connectivity index (χ2v) is 9.35. The second-order valence-electron chi connectivity index (χ2n) is 8.95.